The number of aryl methyl sites for hydroxylation is 1. The maximum atomic E-state index is 12.5. The molecule has 11 heteroatoms. The van der Waals surface area contributed by atoms with Gasteiger partial charge in [-0.3, -0.25) is 9.20 Å². The lowest BCUT2D eigenvalue weighted by atomic mass is 10.3. The fraction of sp³-hybridized carbons (Fsp3) is 0.0800. The summed E-state index contributed by atoms with van der Waals surface area (Å²) in [6, 6.07) is 18.0. The van der Waals surface area contributed by atoms with Crippen molar-refractivity contribution in [3.05, 3.63) is 89.3 Å². The van der Waals surface area contributed by atoms with Crippen molar-refractivity contribution in [2.45, 2.75) is 22.7 Å². The zero-order chi connectivity index (χ0) is 24.5. The minimum atomic E-state index is -0.231. The molecular weight excluding hydrogens is 511 g/mol. The predicted molar refractivity (Wildman–Crippen MR) is 145 cm³/mol. The summed E-state index contributed by atoms with van der Waals surface area (Å²) < 4.78 is 5.84. The van der Waals surface area contributed by atoms with Crippen molar-refractivity contribution < 1.29 is 4.79 Å². The van der Waals surface area contributed by atoms with E-state index in [0.717, 1.165) is 41.5 Å². The van der Waals surface area contributed by atoms with Gasteiger partial charge in [0.05, 0.1) is 45.5 Å². The molecule has 8 nitrogen and oxygen atoms in total. The standard InChI is InChI=1S/C25H19N7OS3/c1-16-19(14-26-29-22(33)13-17-15-31-11-12-34-24(31)27-17)23(32(30-16)18-7-3-2-4-8-18)36-25-28-20-9-5-6-10-21(20)35-25/h2-12,14-15H,13H2,1H3,(H,29,33)/b26-14+. The van der Waals surface area contributed by atoms with Crippen LogP contribution >= 0.6 is 34.4 Å². The van der Waals surface area contributed by atoms with E-state index < -0.39 is 0 Å². The number of fused-ring (bicyclic) bond motifs is 2. The largest absolute Gasteiger partial charge is 0.297 e. The summed E-state index contributed by atoms with van der Waals surface area (Å²) in [4.78, 5) is 22.6. The Morgan fingerprint density at radius 2 is 1.97 bits per heavy atom. The molecular formula is C25H19N7OS3. The van der Waals surface area contributed by atoms with E-state index in [2.05, 4.69) is 21.6 Å². The van der Waals surface area contributed by atoms with Crippen molar-refractivity contribution in [2.24, 2.45) is 5.10 Å². The summed E-state index contributed by atoms with van der Waals surface area (Å²) in [7, 11) is 0. The number of benzene rings is 2. The fourth-order valence-electron chi connectivity index (χ4n) is 3.72. The van der Waals surface area contributed by atoms with Crippen LogP contribution in [-0.4, -0.2) is 36.3 Å². The van der Waals surface area contributed by atoms with E-state index in [4.69, 9.17) is 10.1 Å². The van der Waals surface area contributed by atoms with Crippen molar-refractivity contribution in [1.82, 2.24) is 29.6 Å². The molecule has 4 heterocycles. The molecule has 0 saturated heterocycles. The number of hydrogen-bond donors (Lipinski definition) is 1. The molecule has 4 aromatic heterocycles. The van der Waals surface area contributed by atoms with Crippen LogP contribution in [0.25, 0.3) is 20.9 Å². The monoisotopic (exact) mass is 529 g/mol. The Kier molecular flexibility index (Phi) is 6.09. The van der Waals surface area contributed by atoms with E-state index in [1.165, 1.54) is 23.1 Å². The highest BCUT2D eigenvalue weighted by Gasteiger charge is 2.19. The highest BCUT2D eigenvalue weighted by atomic mass is 32.2. The quantitative estimate of drug-likeness (QED) is 0.223. The first kappa shape index (κ1) is 22.7. The summed E-state index contributed by atoms with van der Waals surface area (Å²) >= 11 is 4.70. The average molecular weight is 530 g/mol. The lowest BCUT2D eigenvalue weighted by Crippen LogP contribution is -2.20. The highest BCUT2D eigenvalue weighted by Crippen LogP contribution is 2.37. The third kappa shape index (κ3) is 4.55. The summed E-state index contributed by atoms with van der Waals surface area (Å²) in [5.41, 5.74) is 6.86. The lowest BCUT2D eigenvalue weighted by Gasteiger charge is -2.06. The lowest BCUT2D eigenvalue weighted by molar-refractivity contribution is -0.120. The summed E-state index contributed by atoms with van der Waals surface area (Å²) in [5, 5.41) is 11.9. The van der Waals surface area contributed by atoms with Crippen molar-refractivity contribution >= 4 is 61.7 Å². The van der Waals surface area contributed by atoms with Crippen molar-refractivity contribution in [1.29, 1.82) is 0 Å². The Balaban J connectivity index is 1.27. The van der Waals surface area contributed by atoms with Gasteiger partial charge in [-0.2, -0.15) is 10.2 Å². The number of hydrogen-bond acceptors (Lipinski definition) is 8. The second kappa shape index (κ2) is 9.69. The highest BCUT2D eigenvalue weighted by molar-refractivity contribution is 8.01. The van der Waals surface area contributed by atoms with Gasteiger partial charge in [0.15, 0.2) is 9.30 Å². The van der Waals surface area contributed by atoms with Crippen LogP contribution in [0.3, 0.4) is 0 Å². The van der Waals surface area contributed by atoms with E-state index >= 15 is 0 Å². The number of aromatic nitrogens is 5. The first-order valence-electron chi connectivity index (χ1n) is 11.1. The number of hydrazone groups is 1. The molecule has 0 bridgehead atoms. The SMILES string of the molecule is Cc1nn(-c2ccccc2)c(Sc2nc3ccccc3s2)c1/C=N/NC(=O)Cc1cn2ccsc2n1. The minimum Gasteiger partial charge on any atom is -0.297 e. The maximum absolute atomic E-state index is 12.5. The molecule has 178 valence electrons. The molecule has 0 aliphatic rings. The molecule has 0 spiro atoms. The Hall–Kier alpha value is -3.80. The molecule has 0 fully saturated rings. The first-order chi connectivity index (χ1) is 17.6. The molecule has 0 aliphatic carbocycles. The summed E-state index contributed by atoms with van der Waals surface area (Å²) in [6.07, 6.45) is 5.59. The second-order valence-corrected chi connectivity index (χ2v) is 11.0. The first-order valence-corrected chi connectivity index (χ1v) is 13.6. The summed E-state index contributed by atoms with van der Waals surface area (Å²) in [5.74, 6) is -0.231. The molecule has 1 N–H and O–H groups in total. The van der Waals surface area contributed by atoms with Gasteiger partial charge in [-0.1, -0.05) is 30.3 Å². The van der Waals surface area contributed by atoms with Crippen LogP contribution in [-0.2, 0) is 11.2 Å². The third-order valence-electron chi connectivity index (χ3n) is 5.39. The number of carbonyl (C=O) groups excluding carboxylic acids is 1. The van der Waals surface area contributed by atoms with Crippen LogP contribution in [0.15, 0.2) is 86.8 Å². The number of para-hydroxylation sites is 2. The van der Waals surface area contributed by atoms with Crippen LogP contribution < -0.4 is 5.43 Å². The average Bonchev–Trinajstić information content (AvgIpc) is 3.64. The van der Waals surface area contributed by atoms with Gasteiger partial charge in [-0.05, 0) is 43.0 Å². The smallest absolute Gasteiger partial charge is 0.246 e. The van der Waals surface area contributed by atoms with Gasteiger partial charge in [0, 0.05) is 17.8 Å². The number of rotatable bonds is 7. The third-order valence-corrected chi connectivity index (χ3v) is 8.34. The van der Waals surface area contributed by atoms with Gasteiger partial charge in [0.1, 0.15) is 5.03 Å². The van der Waals surface area contributed by atoms with Gasteiger partial charge in [-0.25, -0.2) is 20.1 Å². The Bertz CT molecular complexity index is 1650. The molecule has 0 radical (unpaired) electrons. The van der Waals surface area contributed by atoms with Crippen LogP contribution in [0.4, 0.5) is 0 Å². The van der Waals surface area contributed by atoms with Gasteiger partial charge in [0.25, 0.3) is 0 Å². The van der Waals surface area contributed by atoms with E-state index in [1.54, 1.807) is 17.6 Å². The van der Waals surface area contributed by atoms with Crippen LogP contribution in [0, 0.1) is 6.92 Å². The summed E-state index contributed by atoms with van der Waals surface area (Å²) in [6.45, 7) is 1.93. The molecule has 6 rings (SSSR count). The van der Waals surface area contributed by atoms with E-state index in [-0.39, 0.29) is 12.3 Å². The Labute approximate surface area is 218 Å². The van der Waals surface area contributed by atoms with E-state index in [9.17, 15) is 4.79 Å². The molecule has 6 aromatic rings. The predicted octanol–water partition coefficient (Wildman–Crippen LogP) is 5.34. The number of carbonyl (C=O) groups is 1. The maximum Gasteiger partial charge on any atom is 0.246 e. The number of thiazole rings is 2. The molecule has 36 heavy (non-hydrogen) atoms. The normalized spacial score (nSPS) is 11.7. The van der Waals surface area contributed by atoms with Crippen LogP contribution in [0.2, 0.25) is 0 Å². The number of imidazole rings is 1. The van der Waals surface area contributed by atoms with Crippen molar-refractivity contribution in [2.75, 3.05) is 0 Å². The van der Waals surface area contributed by atoms with Gasteiger partial charge in [-0.15, -0.1) is 22.7 Å². The van der Waals surface area contributed by atoms with Crippen LogP contribution in [0.5, 0.6) is 0 Å². The zero-order valence-corrected chi connectivity index (χ0v) is 21.5. The fourth-order valence-corrected chi connectivity index (χ4v) is 6.66. The van der Waals surface area contributed by atoms with E-state index in [1.807, 2.05) is 82.3 Å². The Morgan fingerprint density at radius 3 is 2.81 bits per heavy atom. The number of nitrogens with one attached hydrogen (secondary N) is 1. The number of amides is 1. The van der Waals surface area contributed by atoms with Crippen LogP contribution in [0.1, 0.15) is 17.0 Å². The zero-order valence-electron chi connectivity index (χ0n) is 19.0. The van der Waals surface area contributed by atoms with E-state index in [0.29, 0.717) is 5.69 Å². The topological polar surface area (TPSA) is 89.5 Å². The molecule has 0 aliphatic heterocycles. The second-order valence-electron chi connectivity index (χ2n) is 7.90. The van der Waals surface area contributed by atoms with Crippen molar-refractivity contribution in [3.63, 3.8) is 0 Å². The molecule has 0 saturated carbocycles. The van der Waals surface area contributed by atoms with Gasteiger partial charge in [0.2, 0.25) is 5.91 Å². The Morgan fingerprint density at radius 1 is 1.14 bits per heavy atom. The number of nitrogens with zero attached hydrogens (tertiary/aromatic N) is 6. The molecule has 1 amide bonds. The van der Waals surface area contributed by atoms with Gasteiger partial charge < -0.3 is 0 Å². The van der Waals surface area contributed by atoms with Crippen molar-refractivity contribution in [3.8, 4) is 5.69 Å². The molecule has 2 aromatic carbocycles. The minimum absolute atomic E-state index is 0.154. The van der Waals surface area contributed by atoms with Gasteiger partial charge >= 0.3 is 0 Å². The molecule has 0 atom stereocenters. The molecule has 0 unspecified atom stereocenters.